The topological polar surface area (TPSA) is 393 Å². The molecule has 11 N–H and O–H groups in total. The molecule has 3 fully saturated rings. The van der Waals surface area contributed by atoms with Crippen molar-refractivity contribution in [1.82, 2.24) is 19.8 Å². The quantitative estimate of drug-likeness (QED) is 0.0128. The second-order valence-electron chi connectivity index (χ2n) is 18.3. The number of imide groups is 1. The molecule has 3 aliphatic heterocycles. The summed E-state index contributed by atoms with van der Waals surface area (Å²) in [5.74, 6) is -0.774. The number of nitrogens with one attached hydrogen (secondary N) is 3. The number of hydrogen-bond acceptors (Lipinski definition) is 21. The summed E-state index contributed by atoms with van der Waals surface area (Å²) in [4.78, 5) is 67.7. The lowest BCUT2D eigenvalue weighted by Crippen LogP contribution is -2.61. The maximum atomic E-state index is 13.5. The number of fused-ring (bicyclic) bond motifs is 1. The minimum absolute atomic E-state index is 0.0435. The molecule has 422 valence electrons. The number of carbonyl (C=O) groups excluding carboxylic acids is 4. The van der Waals surface area contributed by atoms with Gasteiger partial charge >= 0.3 is 16.3 Å². The molecule has 0 radical (unpaired) electrons. The molecule has 10 atom stereocenters. The number of aliphatic carboxylic acids is 1. The highest BCUT2D eigenvalue weighted by Crippen LogP contribution is 2.35. The summed E-state index contributed by atoms with van der Waals surface area (Å²) in [6.45, 7) is 2.07. The van der Waals surface area contributed by atoms with Crippen LogP contribution in [0.2, 0.25) is 0 Å². The minimum atomic E-state index is -4.45. The lowest BCUT2D eigenvalue weighted by atomic mass is 9.99. The highest BCUT2D eigenvalue weighted by molar-refractivity contribution is 7.84. The van der Waals surface area contributed by atoms with Crippen LogP contribution in [0.25, 0.3) is 11.0 Å². The smallest absolute Gasteiger partial charge is 0.335 e. The van der Waals surface area contributed by atoms with Crippen molar-refractivity contribution in [3.63, 3.8) is 0 Å². The van der Waals surface area contributed by atoms with Gasteiger partial charge in [0.05, 0.1) is 71.2 Å². The number of terminal acetylenes is 1. The molecule has 28 nitrogen and oxygen atoms in total. The Balaban J connectivity index is 1.02. The summed E-state index contributed by atoms with van der Waals surface area (Å²) in [5.41, 5.74) is 1.86. The number of benzene rings is 2. The molecule has 2 aromatic heterocycles. The maximum absolute atomic E-state index is 13.5. The third-order valence-corrected chi connectivity index (χ3v) is 13.1. The van der Waals surface area contributed by atoms with Crippen LogP contribution in [0.4, 0.5) is 17.2 Å². The summed E-state index contributed by atoms with van der Waals surface area (Å²) in [5, 5.41) is 77.4. The van der Waals surface area contributed by atoms with E-state index in [-0.39, 0.29) is 108 Å². The summed E-state index contributed by atoms with van der Waals surface area (Å²) < 4.78 is 64.4. The van der Waals surface area contributed by atoms with Gasteiger partial charge in [-0.15, -0.1) is 6.42 Å². The van der Waals surface area contributed by atoms with Gasteiger partial charge in [0.2, 0.25) is 53.9 Å². The molecule has 4 amide bonds. The number of aliphatic hydroxyl groups is 5. The minimum Gasteiger partial charge on any atom is -0.479 e. The van der Waals surface area contributed by atoms with Gasteiger partial charge in [-0.05, 0) is 42.0 Å². The summed E-state index contributed by atoms with van der Waals surface area (Å²) in [7, 11) is -4.45. The number of carboxylic acids is 1. The van der Waals surface area contributed by atoms with E-state index in [2.05, 4.69) is 31.0 Å². The van der Waals surface area contributed by atoms with E-state index >= 15 is 0 Å². The molecule has 0 bridgehead atoms. The number of amides is 4. The summed E-state index contributed by atoms with van der Waals surface area (Å²) in [6.07, 6.45) is -7.30. The van der Waals surface area contributed by atoms with Crippen molar-refractivity contribution < 1.29 is 100 Å². The molecule has 1 unspecified atom stereocenters. The van der Waals surface area contributed by atoms with Crippen LogP contribution in [0.3, 0.4) is 0 Å². The first kappa shape index (κ1) is 58.9. The van der Waals surface area contributed by atoms with Crippen LogP contribution in [0.1, 0.15) is 43.5 Å². The average Bonchev–Trinajstić information content (AvgIpc) is 4.21. The Morgan fingerprint density at radius 1 is 0.897 bits per heavy atom. The molecule has 0 saturated carbocycles. The van der Waals surface area contributed by atoms with Gasteiger partial charge in [-0.3, -0.25) is 28.3 Å². The SMILES string of the molecule is C#Cc1cccc(Nc2nc[n+](Cc3ccc(O[C@@H]4O[C@H](C(=O)O)[C@@H](O)[C@H](O)[C@H]4O)c(NC(=O)CCNC(=O)CCOCCOCCOCCN4C(=O)CC(C)C4=O)c3)c3c2ccn3[C@@H]2O[C@H](COS(N)(=O)=O)[C@@H](O)[C@H]2O)c1. The van der Waals surface area contributed by atoms with E-state index in [1.165, 1.54) is 34.0 Å². The van der Waals surface area contributed by atoms with Crippen molar-refractivity contribution in [1.29, 1.82) is 0 Å². The Kier molecular flexibility index (Phi) is 20.2. The normalized spacial score (nSPS) is 24.3. The molecule has 0 aliphatic carbocycles. The Bertz CT molecular complexity index is 2960. The molecule has 3 aliphatic rings. The van der Waals surface area contributed by atoms with E-state index in [9.17, 15) is 63.0 Å². The molecule has 29 heteroatoms. The van der Waals surface area contributed by atoms with E-state index in [0.29, 0.717) is 33.7 Å². The number of nitrogens with zero attached hydrogens (tertiary/aromatic N) is 4. The van der Waals surface area contributed by atoms with Gasteiger partial charge in [0.25, 0.3) is 0 Å². The number of rotatable bonds is 27. The molecule has 4 aromatic rings. The standard InChI is InChI=1S/C49H60N8O20S/c1-3-28-5-4-6-30(22-28)53-44-31-10-13-57(47-41(64)38(61)34(75-47)25-74-78(50,69)70)45(31)55(26-52-44)24-29-7-8-33(76-49-42(65)39(62)40(63)43(77-49)48(67)68)32(23-29)54-36(59)9-12-51-35(58)11-15-71-17-19-73-20-18-72-16-14-56-37(60)21-27(2)46(56)66/h1,4-8,10,13,22-23,26-27,34,38-43,47,49,61-65H,9,11-12,14-21,24-25H2,2H3,(H5,50,51,54,58,59,67,68,69,70)/p+1/t27?,34-,38-,39+,40+,41-,42-,43+,47-,49-/m1/s1. The number of aromatic nitrogens is 3. The molecule has 78 heavy (non-hydrogen) atoms. The molecule has 5 heterocycles. The highest BCUT2D eigenvalue weighted by Gasteiger charge is 2.49. The average molecular weight is 1110 g/mol. The van der Waals surface area contributed by atoms with Gasteiger partial charge in [0.15, 0.2) is 6.10 Å². The fourth-order valence-corrected chi connectivity index (χ4v) is 8.91. The Morgan fingerprint density at radius 3 is 2.32 bits per heavy atom. The van der Waals surface area contributed by atoms with Crippen LogP contribution in [-0.4, -0.2) is 191 Å². The van der Waals surface area contributed by atoms with Crippen LogP contribution < -0.4 is 30.4 Å². The monoisotopic (exact) mass is 1110 g/mol. The Labute approximate surface area is 446 Å². The number of carboxylic acid groups (broad SMARTS) is 1. The Hall–Kier alpha value is -6.76. The number of aliphatic hydroxyl groups excluding tert-OH is 5. The van der Waals surface area contributed by atoms with Gasteiger partial charge < -0.3 is 75.0 Å². The second-order valence-corrected chi connectivity index (χ2v) is 19.5. The van der Waals surface area contributed by atoms with E-state index < -0.39 is 89.9 Å². The van der Waals surface area contributed by atoms with E-state index in [1.54, 1.807) is 48.0 Å². The zero-order valence-corrected chi connectivity index (χ0v) is 42.8. The van der Waals surface area contributed by atoms with Crippen molar-refractivity contribution in [3.8, 4) is 18.1 Å². The lowest BCUT2D eigenvalue weighted by molar-refractivity contribution is -0.668. The van der Waals surface area contributed by atoms with Crippen molar-refractivity contribution in [2.45, 2.75) is 88.0 Å². The predicted molar refractivity (Wildman–Crippen MR) is 267 cm³/mol. The third-order valence-electron chi connectivity index (χ3n) is 12.6. The highest BCUT2D eigenvalue weighted by atomic mass is 32.2. The number of nitrogens with two attached hydrogens (primary N) is 1. The van der Waals surface area contributed by atoms with Crippen LogP contribution in [-0.2, 0) is 68.7 Å². The van der Waals surface area contributed by atoms with Crippen molar-refractivity contribution in [2.24, 2.45) is 11.1 Å². The first-order valence-corrected chi connectivity index (χ1v) is 26.0. The van der Waals surface area contributed by atoms with Crippen molar-refractivity contribution in [3.05, 3.63) is 72.2 Å². The maximum Gasteiger partial charge on any atom is 0.335 e. The molecule has 7 rings (SSSR count). The number of hydrogen-bond donors (Lipinski definition) is 10. The van der Waals surface area contributed by atoms with Gasteiger partial charge in [0.1, 0.15) is 47.8 Å². The number of anilines is 3. The van der Waals surface area contributed by atoms with Crippen LogP contribution in [0, 0.1) is 18.3 Å². The van der Waals surface area contributed by atoms with Gasteiger partial charge in [0, 0.05) is 43.0 Å². The second kappa shape index (κ2) is 26.7. The zero-order chi connectivity index (χ0) is 56.3. The van der Waals surface area contributed by atoms with Crippen molar-refractivity contribution in [2.75, 3.05) is 70.0 Å². The fourth-order valence-electron chi connectivity index (χ4n) is 8.59. The predicted octanol–water partition coefficient (Wildman–Crippen LogP) is -2.51. The molecule has 0 spiro atoms. The lowest BCUT2D eigenvalue weighted by Gasteiger charge is -2.38. The van der Waals surface area contributed by atoms with E-state index in [0.717, 1.165) is 0 Å². The first-order valence-electron chi connectivity index (χ1n) is 24.5. The van der Waals surface area contributed by atoms with E-state index in [1.807, 2.05) is 0 Å². The molecular formula is C49H61N8O20S+. The Morgan fingerprint density at radius 2 is 1.63 bits per heavy atom. The summed E-state index contributed by atoms with van der Waals surface area (Å²) in [6, 6.07) is 12.9. The number of carbonyl (C=O) groups is 5. The van der Waals surface area contributed by atoms with Gasteiger partial charge in [-0.1, -0.05) is 30.0 Å². The fraction of sp³-hybridized carbons (Fsp3) is 0.490. The molecule has 2 aromatic carbocycles. The number of likely N-dealkylation sites (tertiary alicyclic amines) is 1. The van der Waals surface area contributed by atoms with E-state index in [4.69, 9.17) is 40.0 Å². The van der Waals surface area contributed by atoms with Crippen LogP contribution in [0.5, 0.6) is 5.75 Å². The zero-order valence-electron chi connectivity index (χ0n) is 42.0. The third kappa shape index (κ3) is 15.1. The van der Waals surface area contributed by atoms with Crippen LogP contribution in [0.15, 0.2) is 61.1 Å². The van der Waals surface area contributed by atoms with Crippen LogP contribution >= 0.6 is 0 Å². The first-order chi connectivity index (χ1) is 37.2. The summed E-state index contributed by atoms with van der Waals surface area (Å²) >= 11 is 0. The largest absolute Gasteiger partial charge is 0.479 e. The van der Waals surface area contributed by atoms with Crippen molar-refractivity contribution >= 4 is 68.1 Å². The van der Waals surface area contributed by atoms with Gasteiger partial charge in [-0.2, -0.15) is 8.42 Å². The number of ether oxygens (including phenoxy) is 6. The van der Waals surface area contributed by atoms with Gasteiger partial charge in [-0.25, -0.2) is 19.1 Å². The molecule has 3 saturated heterocycles. The molecular weight excluding hydrogens is 1050 g/mol.